The van der Waals surface area contributed by atoms with E-state index in [1.165, 1.54) is 0 Å². The van der Waals surface area contributed by atoms with Crippen LogP contribution in [0.5, 0.6) is 11.5 Å². The van der Waals surface area contributed by atoms with Crippen molar-refractivity contribution in [3.05, 3.63) is 57.6 Å². The molecule has 1 saturated heterocycles. The van der Waals surface area contributed by atoms with Gasteiger partial charge in [0.25, 0.3) is 0 Å². The highest BCUT2D eigenvalue weighted by molar-refractivity contribution is 6.32. The lowest BCUT2D eigenvalue weighted by molar-refractivity contribution is 0.0384. The maximum atomic E-state index is 6.46. The molecule has 1 fully saturated rings. The second-order valence-corrected chi connectivity index (χ2v) is 7.50. The van der Waals surface area contributed by atoms with Gasteiger partial charge in [0.05, 0.1) is 25.3 Å². The van der Waals surface area contributed by atoms with Crippen LogP contribution in [-0.4, -0.2) is 51.4 Å². The predicted octanol–water partition coefficient (Wildman–Crippen LogP) is 4.85. The number of rotatable bonds is 9. The Labute approximate surface area is 200 Å². The van der Waals surface area contributed by atoms with E-state index in [2.05, 4.69) is 10.2 Å². The van der Waals surface area contributed by atoms with Crippen LogP contribution in [0.1, 0.15) is 11.1 Å². The first kappa shape index (κ1) is 27.1. The summed E-state index contributed by atoms with van der Waals surface area (Å²) in [7, 11) is 1.62. The first-order valence-electron chi connectivity index (χ1n) is 9.40. The first-order chi connectivity index (χ1) is 13.7. The van der Waals surface area contributed by atoms with Gasteiger partial charge in [0.2, 0.25) is 0 Å². The molecular formula is C21H28Cl4N2O3. The maximum Gasteiger partial charge on any atom is 0.180 e. The Morgan fingerprint density at radius 1 is 1.03 bits per heavy atom. The fourth-order valence-corrected chi connectivity index (χ4v) is 3.46. The monoisotopic (exact) mass is 496 g/mol. The van der Waals surface area contributed by atoms with Crippen LogP contribution in [0, 0.1) is 0 Å². The van der Waals surface area contributed by atoms with E-state index in [4.69, 9.17) is 37.4 Å². The minimum atomic E-state index is 0. The summed E-state index contributed by atoms with van der Waals surface area (Å²) in [4.78, 5) is 2.40. The molecule has 1 heterocycles. The van der Waals surface area contributed by atoms with E-state index >= 15 is 0 Å². The Bertz CT molecular complexity index is 757. The fourth-order valence-electron chi connectivity index (χ4n) is 3.05. The summed E-state index contributed by atoms with van der Waals surface area (Å²) < 4.78 is 16.8. The van der Waals surface area contributed by atoms with E-state index < -0.39 is 0 Å². The molecule has 2 aromatic rings. The van der Waals surface area contributed by atoms with E-state index in [1.54, 1.807) is 7.11 Å². The zero-order valence-electron chi connectivity index (χ0n) is 16.9. The number of methoxy groups -OCH3 is 1. The predicted molar refractivity (Wildman–Crippen MR) is 127 cm³/mol. The van der Waals surface area contributed by atoms with Gasteiger partial charge in [0.1, 0.15) is 6.61 Å². The van der Waals surface area contributed by atoms with E-state index in [9.17, 15) is 0 Å². The number of nitrogens with one attached hydrogen (secondary N) is 1. The molecule has 2 aromatic carbocycles. The SMILES string of the molecule is COc1cc(CNCCN2CCOCC2)cc(Cl)c1OCc1ccc(Cl)cc1.Cl.Cl. The normalized spacial score (nSPS) is 13.8. The second kappa shape index (κ2) is 14.2. The van der Waals surface area contributed by atoms with Crippen molar-refractivity contribution < 1.29 is 14.2 Å². The molecule has 168 valence electrons. The molecule has 1 aliphatic heterocycles. The summed E-state index contributed by atoms with van der Waals surface area (Å²) in [5, 5.41) is 4.70. The van der Waals surface area contributed by atoms with Crippen LogP contribution < -0.4 is 14.8 Å². The number of halogens is 4. The molecule has 3 rings (SSSR count). The maximum absolute atomic E-state index is 6.46. The minimum absolute atomic E-state index is 0. The van der Waals surface area contributed by atoms with Gasteiger partial charge < -0.3 is 19.5 Å². The van der Waals surface area contributed by atoms with Crippen LogP contribution in [-0.2, 0) is 17.9 Å². The molecule has 0 unspecified atom stereocenters. The highest BCUT2D eigenvalue weighted by Crippen LogP contribution is 2.37. The molecule has 0 atom stereocenters. The summed E-state index contributed by atoms with van der Waals surface area (Å²) in [6, 6.07) is 11.4. The van der Waals surface area contributed by atoms with Gasteiger partial charge >= 0.3 is 0 Å². The summed E-state index contributed by atoms with van der Waals surface area (Å²) in [6.45, 7) is 6.68. The largest absolute Gasteiger partial charge is 0.493 e. The molecule has 0 aromatic heterocycles. The molecule has 0 radical (unpaired) electrons. The lowest BCUT2D eigenvalue weighted by Crippen LogP contribution is -2.40. The number of morpholine rings is 1. The highest BCUT2D eigenvalue weighted by atomic mass is 35.5. The molecule has 0 bridgehead atoms. The second-order valence-electron chi connectivity index (χ2n) is 6.65. The topological polar surface area (TPSA) is 43.0 Å². The van der Waals surface area contributed by atoms with Crippen LogP contribution in [0.15, 0.2) is 36.4 Å². The summed E-state index contributed by atoms with van der Waals surface area (Å²) in [5.41, 5.74) is 2.07. The summed E-state index contributed by atoms with van der Waals surface area (Å²) in [6.07, 6.45) is 0. The molecule has 1 N–H and O–H groups in total. The van der Waals surface area contributed by atoms with Gasteiger partial charge in [-0.2, -0.15) is 0 Å². The van der Waals surface area contributed by atoms with E-state index in [-0.39, 0.29) is 24.8 Å². The van der Waals surface area contributed by atoms with Gasteiger partial charge in [-0.1, -0.05) is 35.3 Å². The smallest absolute Gasteiger partial charge is 0.180 e. The third-order valence-corrected chi connectivity index (χ3v) is 5.16. The van der Waals surface area contributed by atoms with Crippen molar-refractivity contribution in [1.82, 2.24) is 10.2 Å². The Kier molecular flexibility index (Phi) is 12.8. The molecule has 0 spiro atoms. The minimum Gasteiger partial charge on any atom is -0.493 e. The van der Waals surface area contributed by atoms with Gasteiger partial charge in [0.15, 0.2) is 11.5 Å². The van der Waals surface area contributed by atoms with Crippen molar-refractivity contribution in [1.29, 1.82) is 0 Å². The van der Waals surface area contributed by atoms with Crippen molar-refractivity contribution in [3.8, 4) is 11.5 Å². The van der Waals surface area contributed by atoms with Crippen LogP contribution in [0.3, 0.4) is 0 Å². The van der Waals surface area contributed by atoms with Gasteiger partial charge in [-0.05, 0) is 35.4 Å². The van der Waals surface area contributed by atoms with Crippen LogP contribution in [0.25, 0.3) is 0 Å². The Morgan fingerprint density at radius 3 is 2.40 bits per heavy atom. The lowest BCUT2D eigenvalue weighted by atomic mass is 10.2. The van der Waals surface area contributed by atoms with Crippen LogP contribution in [0.2, 0.25) is 10.0 Å². The third-order valence-electron chi connectivity index (χ3n) is 4.62. The first-order valence-corrected chi connectivity index (χ1v) is 10.2. The van der Waals surface area contributed by atoms with Gasteiger partial charge in [-0.15, -0.1) is 24.8 Å². The van der Waals surface area contributed by atoms with Crippen molar-refractivity contribution in [2.24, 2.45) is 0 Å². The Balaban J connectivity index is 0.00000225. The molecule has 9 heteroatoms. The van der Waals surface area contributed by atoms with Gasteiger partial charge in [-0.25, -0.2) is 0 Å². The van der Waals surface area contributed by atoms with Crippen molar-refractivity contribution >= 4 is 48.0 Å². The van der Waals surface area contributed by atoms with Crippen molar-refractivity contribution in [2.45, 2.75) is 13.2 Å². The zero-order valence-corrected chi connectivity index (χ0v) is 20.0. The van der Waals surface area contributed by atoms with E-state index in [1.807, 2.05) is 36.4 Å². The number of hydrogen-bond acceptors (Lipinski definition) is 5. The number of hydrogen-bond donors (Lipinski definition) is 1. The quantitative estimate of drug-likeness (QED) is 0.502. The van der Waals surface area contributed by atoms with Crippen molar-refractivity contribution in [3.63, 3.8) is 0 Å². The number of benzene rings is 2. The number of nitrogens with zero attached hydrogens (tertiary/aromatic N) is 1. The Morgan fingerprint density at radius 2 is 1.73 bits per heavy atom. The fraction of sp³-hybridized carbons (Fsp3) is 0.429. The average molecular weight is 498 g/mol. The lowest BCUT2D eigenvalue weighted by Gasteiger charge is -2.26. The molecule has 0 amide bonds. The van der Waals surface area contributed by atoms with Gasteiger partial charge in [0, 0.05) is 37.7 Å². The van der Waals surface area contributed by atoms with Crippen molar-refractivity contribution in [2.75, 3.05) is 46.5 Å². The summed E-state index contributed by atoms with van der Waals surface area (Å²) >= 11 is 12.4. The standard InChI is InChI=1S/C21H26Cl2N2O3.2ClH/c1-26-20-13-17(14-24-6-7-25-8-10-27-11-9-25)12-19(23)21(20)28-15-16-2-4-18(22)5-3-16;;/h2-5,12-13,24H,6-11,14-15H2,1H3;2*1H. The molecule has 0 aliphatic carbocycles. The Hall–Kier alpha value is -0.920. The van der Waals surface area contributed by atoms with E-state index in [0.717, 1.165) is 57.1 Å². The zero-order chi connectivity index (χ0) is 19.8. The van der Waals surface area contributed by atoms with E-state index in [0.29, 0.717) is 28.2 Å². The molecule has 5 nitrogen and oxygen atoms in total. The highest BCUT2D eigenvalue weighted by Gasteiger charge is 2.13. The van der Waals surface area contributed by atoms with Crippen LogP contribution >= 0.6 is 48.0 Å². The number of ether oxygens (including phenoxy) is 3. The van der Waals surface area contributed by atoms with Gasteiger partial charge in [-0.3, -0.25) is 4.90 Å². The summed E-state index contributed by atoms with van der Waals surface area (Å²) in [5.74, 6) is 1.18. The molecule has 30 heavy (non-hydrogen) atoms. The third kappa shape index (κ3) is 8.31. The average Bonchev–Trinajstić information content (AvgIpc) is 2.72. The molecule has 1 aliphatic rings. The molecule has 0 saturated carbocycles. The van der Waals surface area contributed by atoms with Crippen LogP contribution in [0.4, 0.5) is 0 Å². The molecular weight excluding hydrogens is 470 g/mol.